The second kappa shape index (κ2) is 15.6. The molecule has 0 bridgehead atoms. The van der Waals surface area contributed by atoms with E-state index in [-0.39, 0.29) is 51.4 Å². The lowest BCUT2D eigenvalue weighted by molar-refractivity contribution is -0.684. The van der Waals surface area contributed by atoms with Gasteiger partial charge in [-0.05, 0) is 60.0 Å². The number of aliphatic carboxylic acids is 1. The van der Waals surface area contributed by atoms with Crippen molar-refractivity contribution in [3.63, 3.8) is 0 Å². The fraction of sp³-hybridized carbons (Fsp3) is 0.235. The summed E-state index contributed by atoms with van der Waals surface area (Å²) in [5, 5.41) is 25.2. The van der Waals surface area contributed by atoms with Gasteiger partial charge in [-0.15, -0.1) is 23.5 Å². The van der Waals surface area contributed by atoms with Gasteiger partial charge in [-0.3, -0.25) is 24.1 Å². The van der Waals surface area contributed by atoms with Gasteiger partial charge in [-0.25, -0.2) is 4.79 Å². The first kappa shape index (κ1) is 36.6. The van der Waals surface area contributed by atoms with Crippen LogP contribution in [0.15, 0.2) is 88.7 Å². The molecule has 12 nitrogen and oxygen atoms in total. The topological polar surface area (TPSA) is 160 Å². The van der Waals surface area contributed by atoms with Crippen molar-refractivity contribution in [2.24, 2.45) is 0 Å². The lowest BCUT2D eigenvalue weighted by Gasteiger charge is -2.49. The monoisotopic (exact) mass is 788 g/mol. The van der Waals surface area contributed by atoms with E-state index in [1.807, 2.05) is 12.1 Å². The summed E-state index contributed by atoms with van der Waals surface area (Å²) in [5.74, 6) is -2.49. The molecule has 1 aromatic heterocycles. The van der Waals surface area contributed by atoms with E-state index in [0.717, 1.165) is 22.2 Å². The van der Waals surface area contributed by atoms with Crippen LogP contribution in [-0.2, 0) is 37.1 Å². The average Bonchev–Trinajstić information content (AvgIpc) is 3.43. The average molecular weight is 790 g/mol. The molecule has 0 radical (unpaired) electrons. The summed E-state index contributed by atoms with van der Waals surface area (Å²) in [5.41, 5.74) is 2.00. The van der Waals surface area contributed by atoms with Gasteiger partial charge < -0.3 is 25.7 Å². The molecular weight excluding hydrogens is 761 g/mol. The van der Waals surface area contributed by atoms with Gasteiger partial charge >= 0.3 is 5.97 Å². The zero-order valence-corrected chi connectivity index (χ0v) is 30.4. The molecule has 4 heterocycles. The van der Waals surface area contributed by atoms with Gasteiger partial charge in [0.15, 0.2) is 12.4 Å². The van der Waals surface area contributed by atoms with Gasteiger partial charge in [-0.2, -0.15) is 4.57 Å². The van der Waals surface area contributed by atoms with Crippen LogP contribution in [-0.4, -0.2) is 79.1 Å². The highest BCUT2D eigenvalue weighted by Crippen LogP contribution is 2.42. The number of amides is 4. The van der Waals surface area contributed by atoms with Crippen molar-refractivity contribution in [1.29, 1.82) is 0 Å². The Bertz CT molecular complexity index is 1990. The van der Waals surface area contributed by atoms with Gasteiger partial charge in [-0.1, -0.05) is 34.8 Å². The van der Waals surface area contributed by atoms with Gasteiger partial charge in [0.05, 0.1) is 20.8 Å². The number of fused-ring (bicyclic) bond motifs is 1. The second-order valence-electron chi connectivity index (χ2n) is 11.7. The Morgan fingerprint density at radius 3 is 2.41 bits per heavy atom. The van der Waals surface area contributed by atoms with Crippen molar-refractivity contribution in [3.8, 4) is 5.75 Å². The quantitative estimate of drug-likeness (QED) is 0.0549. The predicted molar refractivity (Wildman–Crippen MR) is 193 cm³/mol. The standard InChI is InChI=1S/C34H28Cl3N5O7S2/c35-23-12-25(37)26(13-24(23)36)50-17-28(45)39-29-32(47)42-30(34(48)49)20(16-51-33(29)42)11-19-7-10-41(31(19)46)14-18-5-8-40(9-6-18)15-27(44)38-21-1-3-22(43)4-2-21/h1-6,8-9,11-13,29,33H,7,10,14-17H2,(H3-,38,39,43,44,45,48,49)/p+1/t29-,33-/m1/s1. The molecule has 264 valence electrons. The summed E-state index contributed by atoms with van der Waals surface area (Å²) < 4.78 is 1.70. The highest BCUT2D eigenvalue weighted by molar-refractivity contribution is 8.00. The van der Waals surface area contributed by atoms with E-state index in [0.29, 0.717) is 46.3 Å². The number of benzene rings is 2. The van der Waals surface area contributed by atoms with Crippen LogP contribution >= 0.6 is 58.3 Å². The molecule has 51 heavy (non-hydrogen) atoms. The first-order valence-electron chi connectivity index (χ1n) is 15.4. The van der Waals surface area contributed by atoms with E-state index in [1.54, 1.807) is 46.1 Å². The number of carbonyl (C=O) groups is 5. The molecule has 6 rings (SSSR count). The number of likely N-dealkylation sites (tertiary alicyclic amines) is 1. The number of aromatic hydroxyl groups is 1. The van der Waals surface area contributed by atoms with E-state index in [4.69, 9.17) is 34.8 Å². The molecule has 2 atom stereocenters. The maximum atomic E-state index is 13.3. The minimum absolute atomic E-state index is 0.0569. The number of hydrogen-bond donors (Lipinski definition) is 4. The smallest absolute Gasteiger partial charge is 0.352 e. The molecule has 0 saturated carbocycles. The first-order valence-corrected chi connectivity index (χ1v) is 18.6. The number of pyridine rings is 1. The number of nitrogens with zero attached hydrogens (tertiary/aromatic N) is 3. The van der Waals surface area contributed by atoms with Crippen LogP contribution in [0.1, 0.15) is 12.0 Å². The summed E-state index contributed by atoms with van der Waals surface area (Å²) in [6.45, 7) is 0.819. The van der Waals surface area contributed by atoms with Crippen LogP contribution in [0.4, 0.5) is 5.69 Å². The van der Waals surface area contributed by atoms with Crippen LogP contribution in [0, 0.1) is 0 Å². The SMILES string of the molecule is O=C(C[n+]1ccc(CN2CCC(=CC3=C(C(=O)O)N4C(=O)[C@@H](NC(=O)CSc5cc(Cl)c(Cl)cc5Cl)[C@H]4SC3)C2=O)cc1)Nc1ccc(O)cc1. The number of nitrogens with one attached hydrogen (secondary N) is 2. The van der Waals surface area contributed by atoms with Gasteiger partial charge in [0.2, 0.25) is 18.4 Å². The highest BCUT2D eigenvalue weighted by atomic mass is 35.5. The van der Waals surface area contributed by atoms with Gasteiger partial charge in [0, 0.05) is 47.1 Å². The zero-order chi connectivity index (χ0) is 36.4. The molecule has 4 N–H and O–H groups in total. The van der Waals surface area contributed by atoms with Crippen LogP contribution in [0.5, 0.6) is 5.75 Å². The molecule has 17 heteroatoms. The Morgan fingerprint density at radius 2 is 1.71 bits per heavy atom. The maximum Gasteiger partial charge on any atom is 0.352 e. The van der Waals surface area contributed by atoms with Crippen LogP contribution < -0.4 is 15.2 Å². The Balaban J connectivity index is 1.04. The fourth-order valence-electron chi connectivity index (χ4n) is 5.72. The Kier molecular flexibility index (Phi) is 11.2. The normalized spacial score (nSPS) is 19.2. The number of carboxylic acid groups (broad SMARTS) is 1. The molecule has 0 aliphatic carbocycles. The summed E-state index contributed by atoms with van der Waals surface area (Å²) in [7, 11) is 0. The number of hydrogen-bond acceptors (Lipinski definition) is 8. The number of halogens is 3. The van der Waals surface area contributed by atoms with Crippen molar-refractivity contribution < 1.29 is 38.8 Å². The third kappa shape index (κ3) is 8.31. The molecule has 3 aromatic rings. The largest absolute Gasteiger partial charge is 0.508 e. The molecular formula is C34H29Cl3N5O7S2+. The van der Waals surface area contributed by atoms with Gasteiger partial charge in [0.1, 0.15) is 22.9 Å². The van der Waals surface area contributed by atoms with Crippen molar-refractivity contribution in [2.75, 3.05) is 23.4 Å². The summed E-state index contributed by atoms with van der Waals surface area (Å²) in [4.78, 5) is 67.4. The highest BCUT2D eigenvalue weighted by Gasteiger charge is 2.54. The second-order valence-corrected chi connectivity index (χ2v) is 15.1. The van der Waals surface area contributed by atoms with Crippen molar-refractivity contribution in [1.82, 2.24) is 15.1 Å². The summed E-state index contributed by atoms with van der Waals surface area (Å²) in [6, 6.07) is 11.9. The molecule has 2 saturated heterocycles. The van der Waals surface area contributed by atoms with Gasteiger partial charge in [0.25, 0.3) is 11.8 Å². The molecule has 3 aliphatic heterocycles. The van der Waals surface area contributed by atoms with E-state index in [1.165, 1.54) is 30.0 Å². The number of carbonyl (C=O) groups excluding carboxylic acids is 4. The Morgan fingerprint density at radius 1 is 1.00 bits per heavy atom. The van der Waals surface area contributed by atoms with Crippen LogP contribution in [0.25, 0.3) is 0 Å². The minimum atomic E-state index is -1.30. The van der Waals surface area contributed by atoms with E-state index in [2.05, 4.69) is 10.6 Å². The van der Waals surface area contributed by atoms with Crippen molar-refractivity contribution >= 4 is 93.6 Å². The summed E-state index contributed by atoms with van der Waals surface area (Å²) in [6.07, 6.45) is 5.46. The van der Waals surface area contributed by atoms with Crippen LogP contribution in [0.2, 0.25) is 15.1 Å². The molecule has 2 fully saturated rings. The number of anilines is 1. The number of phenolic OH excluding ortho intramolecular Hbond substituents is 1. The number of phenols is 1. The number of thioether (sulfide) groups is 2. The number of allylic oxidation sites excluding steroid dienone is 1. The lowest BCUT2D eigenvalue weighted by atomic mass is 10.0. The summed E-state index contributed by atoms with van der Waals surface area (Å²) >= 11 is 20.6. The Labute approximate surface area is 315 Å². The van der Waals surface area contributed by atoms with E-state index >= 15 is 0 Å². The van der Waals surface area contributed by atoms with Crippen LogP contribution in [0.3, 0.4) is 0 Å². The van der Waals surface area contributed by atoms with Crippen molar-refractivity contribution in [3.05, 3.63) is 104 Å². The Hall–Kier alpha value is -4.21. The molecule has 2 aromatic carbocycles. The van der Waals surface area contributed by atoms with E-state index < -0.39 is 29.2 Å². The fourth-order valence-corrected chi connectivity index (χ4v) is 8.57. The minimum Gasteiger partial charge on any atom is -0.508 e. The number of carboxylic acids is 1. The molecule has 0 unspecified atom stereocenters. The zero-order valence-electron chi connectivity index (χ0n) is 26.5. The molecule has 4 amide bonds. The van der Waals surface area contributed by atoms with Crippen molar-refractivity contribution in [2.45, 2.75) is 35.8 Å². The number of β-lactam (4-membered cyclic amide) rings is 1. The predicted octanol–water partition coefficient (Wildman–Crippen LogP) is 4.47. The number of rotatable bonds is 11. The molecule has 3 aliphatic rings. The van der Waals surface area contributed by atoms with E-state index in [9.17, 15) is 34.2 Å². The maximum absolute atomic E-state index is 13.3. The number of aromatic nitrogens is 1. The third-order valence-electron chi connectivity index (χ3n) is 8.22. The third-order valence-corrected chi connectivity index (χ3v) is 11.7. The lowest BCUT2D eigenvalue weighted by Crippen LogP contribution is -2.70. The molecule has 0 spiro atoms. The first-order chi connectivity index (χ1) is 24.4.